The topological polar surface area (TPSA) is 84.9 Å². The van der Waals surface area contributed by atoms with Crippen LogP contribution >= 0.6 is 0 Å². The first-order valence-corrected chi connectivity index (χ1v) is 6.32. The Bertz CT molecular complexity index is 337. The third-order valence-corrected chi connectivity index (χ3v) is 3.64. The van der Waals surface area contributed by atoms with E-state index in [0.717, 1.165) is 6.42 Å². The van der Waals surface area contributed by atoms with Gasteiger partial charge in [-0.25, -0.2) is 4.79 Å². The molecule has 0 bridgehead atoms. The lowest BCUT2D eigenvalue weighted by molar-refractivity contribution is -0.154. The van der Waals surface area contributed by atoms with Crippen LogP contribution in [0.2, 0.25) is 0 Å². The van der Waals surface area contributed by atoms with Crippen LogP contribution in [-0.4, -0.2) is 47.9 Å². The Morgan fingerprint density at radius 1 is 1.28 bits per heavy atom. The summed E-state index contributed by atoms with van der Waals surface area (Å²) in [5, 5.41) is 12.0. The molecule has 2 heterocycles. The molecule has 2 rings (SSSR count). The normalized spacial score (nSPS) is 30.9. The van der Waals surface area contributed by atoms with Gasteiger partial charge in [-0.15, -0.1) is 0 Å². The number of rotatable bonds is 3. The maximum atomic E-state index is 12.0. The van der Waals surface area contributed by atoms with E-state index >= 15 is 0 Å². The Hall–Kier alpha value is -1.14. The Labute approximate surface area is 106 Å². The summed E-state index contributed by atoms with van der Waals surface area (Å²) >= 11 is 0. The van der Waals surface area contributed by atoms with Gasteiger partial charge in [-0.1, -0.05) is 0 Å². The maximum absolute atomic E-state index is 12.0. The molecule has 1 amide bonds. The number of carboxylic acids is 1. The van der Waals surface area contributed by atoms with Crippen molar-refractivity contribution in [3.63, 3.8) is 0 Å². The Balaban J connectivity index is 2.00. The minimum absolute atomic E-state index is 0.0659. The summed E-state index contributed by atoms with van der Waals surface area (Å²) < 4.78 is 10.6. The van der Waals surface area contributed by atoms with Gasteiger partial charge in [0.05, 0.1) is 6.10 Å². The molecular weight excluding hydrogens is 238 g/mol. The van der Waals surface area contributed by atoms with Gasteiger partial charge in [-0.2, -0.15) is 0 Å². The average molecular weight is 257 g/mol. The van der Waals surface area contributed by atoms with Gasteiger partial charge in [0.1, 0.15) is 11.6 Å². The molecule has 6 heteroatoms. The molecule has 0 aliphatic carbocycles. The molecule has 2 fully saturated rings. The zero-order chi connectivity index (χ0) is 13.2. The molecule has 102 valence electrons. The smallest absolute Gasteiger partial charge is 0.329 e. The zero-order valence-electron chi connectivity index (χ0n) is 10.5. The molecule has 6 nitrogen and oxygen atoms in total. The first-order valence-electron chi connectivity index (χ1n) is 6.32. The lowest BCUT2D eigenvalue weighted by Crippen LogP contribution is -2.59. The standard InChI is InChI=1S/C12H19NO5/c1-8-2-3-9(18-8)10(14)13-12(11(15)16)4-6-17-7-5-12/h8-9H,2-7H2,1H3,(H,13,14)(H,15,16). The van der Waals surface area contributed by atoms with E-state index in [1.807, 2.05) is 6.92 Å². The van der Waals surface area contributed by atoms with Crippen molar-refractivity contribution in [1.29, 1.82) is 0 Å². The SMILES string of the molecule is CC1CCC(C(=O)NC2(C(=O)O)CCOCC2)O1. The van der Waals surface area contributed by atoms with Crippen molar-refractivity contribution in [2.75, 3.05) is 13.2 Å². The monoisotopic (exact) mass is 257 g/mol. The van der Waals surface area contributed by atoms with Crippen LogP contribution in [0, 0.1) is 0 Å². The predicted molar refractivity (Wildman–Crippen MR) is 62.1 cm³/mol. The fraction of sp³-hybridized carbons (Fsp3) is 0.833. The Kier molecular flexibility index (Phi) is 3.87. The van der Waals surface area contributed by atoms with Crippen molar-refractivity contribution < 1.29 is 24.2 Å². The van der Waals surface area contributed by atoms with Gasteiger partial charge in [0.15, 0.2) is 0 Å². The molecule has 0 spiro atoms. The van der Waals surface area contributed by atoms with E-state index in [2.05, 4.69) is 5.32 Å². The second-order valence-electron chi connectivity index (χ2n) is 5.00. The first kappa shape index (κ1) is 13.3. The quantitative estimate of drug-likeness (QED) is 0.759. The van der Waals surface area contributed by atoms with Gasteiger partial charge in [-0.3, -0.25) is 4.79 Å². The van der Waals surface area contributed by atoms with Crippen LogP contribution in [0.15, 0.2) is 0 Å². The summed E-state index contributed by atoms with van der Waals surface area (Å²) in [4.78, 5) is 23.4. The largest absolute Gasteiger partial charge is 0.480 e. The summed E-state index contributed by atoms with van der Waals surface area (Å²) in [5.74, 6) is -1.31. The molecule has 2 unspecified atom stereocenters. The first-order chi connectivity index (χ1) is 8.53. The summed E-state index contributed by atoms with van der Waals surface area (Å²) in [6.45, 7) is 2.62. The summed E-state index contributed by atoms with van der Waals surface area (Å²) in [6, 6.07) is 0. The van der Waals surface area contributed by atoms with Crippen LogP contribution in [0.4, 0.5) is 0 Å². The lowest BCUT2D eigenvalue weighted by atomic mass is 9.89. The highest BCUT2D eigenvalue weighted by Gasteiger charge is 2.43. The van der Waals surface area contributed by atoms with Crippen molar-refractivity contribution in [2.24, 2.45) is 0 Å². The Morgan fingerprint density at radius 3 is 2.44 bits per heavy atom. The number of carbonyl (C=O) groups is 2. The average Bonchev–Trinajstić information content (AvgIpc) is 2.77. The lowest BCUT2D eigenvalue weighted by Gasteiger charge is -2.34. The molecule has 2 N–H and O–H groups in total. The number of aliphatic carboxylic acids is 1. The van der Waals surface area contributed by atoms with E-state index in [0.29, 0.717) is 32.5 Å². The Morgan fingerprint density at radius 2 is 1.94 bits per heavy atom. The second kappa shape index (κ2) is 5.24. The molecule has 0 radical (unpaired) electrons. The highest BCUT2D eigenvalue weighted by molar-refractivity contribution is 5.89. The molecule has 2 saturated heterocycles. The van der Waals surface area contributed by atoms with Gasteiger partial charge in [0.2, 0.25) is 5.91 Å². The minimum Gasteiger partial charge on any atom is -0.480 e. The van der Waals surface area contributed by atoms with E-state index < -0.39 is 17.6 Å². The fourth-order valence-corrected chi connectivity index (χ4v) is 2.42. The van der Waals surface area contributed by atoms with Gasteiger partial charge in [0.25, 0.3) is 0 Å². The van der Waals surface area contributed by atoms with Crippen LogP contribution in [0.3, 0.4) is 0 Å². The highest BCUT2D eigenvalue weighted by atomic mass is 16.5. The van der Waals surface area contributed by atoms with Gasteiger partial charge in [0, 0.05) is 26.1 Å². The number of hydrogen-bond donors (Lipinski definition) is 2. The van der Waals surface area contributed by atoms with Crippen molar-refractivity contribution in [2.45, 2.75) is 50.4 Å². The molecule has 0 aromatic carbocycles. The van der Waals surface area contributed by atoms with Gasteiger partial charge < -0.3 is 19.9 Å². The van der Waals surface area contributed by atoms with Crippen molar-refractivity contribution in [3.05, 3.63) is 0 Å². The van der Waals surface area contributed by atoms with E-state index in [9.17, 15) is 14.7 Å². The van der Waals surface area contributed by atoms with Crippen molar-refractivity contribution in [3.8, 4) is 0 Å². The summed E-state index contributed by atoms with van der Waals surface area (Å²) in [7, 11) is 0. The molecule has 18 heavy (non-hydrogen) atoms. The zero-order valence-corrected chi connectivity index (χ0v) is 10.5. The molecule has 0 aromatic heterocycles. The molecular formula is C12H19NO5. The van der Waals surface area contributed by atoms with Crippen molar-refractivity contribution >= 4 is 11.9 Å². The second-order valence-corrected chi connectivity index (χ2v) is 5.00. The number of carboxylic acid groups (broad SMARTS) is 1. The highest BCUT2D eigenvalue weighted by Crippen LogP contribution is 2.24. The molecule has 0 saturated carbocycles. The molecule has 2 atom stereocenters. The molecule has 2 aliphatic rings. The van der Waals surface area contributed by atoms with Crippen LogP contribution in [0.1, 0.15) is 32.6 Å². The number of ether oxygens (including phenoxy) is 2. The van der Waals surface area contributed by atoms with Crippen LogP contribution in [0.25, 0.3) is 0 Å². The van der Waals surface area contributed by atoms with Crippen molar-refractivity contribution in [1.82, 2.24) is 5.32 Å². The summed E-state index contributed by atoms with van der Waals surface area (Å²) in [6.07, 6.45) is 1.64. The molecule has 0 aromatic rings. The van der Waals surface area contributed by atoms with Crippen LogP contribution in [-0.2, 0) is 19.1 Å². The van der Waals surface area contributed by atoms with E-state index in [1.165, 1.54) is 0 Å². The third-order valence-electron chi connectivity index (χ3n) is 3.64. The number of nitrogens with one attached hydrogen (secondary N) is 1. The van der Waals surface area contributed by atoms with Gasteiger partial charge in [-0.05, 0) is 19.8 Å². The fourth-order valence-electron chi connectivity index (χ4n) is 2.42. The number of carbonyl (C=O) groups excluding carboxylic acids is 1. The third kappa shape index (κ3) is 2.64. The van der Waals surface area contributed by atoms with Crippen LogP contribution < -0.4 is 5.32 Å². The van der Waals surface area contributed by atoms with Crippen LogP contribution in [0.5, 0.6) is 0 Å². The number of amides is 1. The van der Waals surface area contributed by atoms with E-state index in [4.69, 9.17) is 9.47 Å². The predicted octanol–water partition coefficient (Wildman–Crippen LogP) is 0.304. The summed E-state index contributed by atoms with van der Waals surface area (Å²) in [5.41, 5.74) is -1.19. The van der Waals surface area contributed by atoms with E-state index in [-0.39, 0.29) is 12.0 Å². The molecule has 2 aliphatic heterocycles. The minimum atomic E-state index is -1.19. The van der Waals surface area contributed by atoms with E-state index in [1.54, 1.807) is 0 Å². The van der Waals surface area contributed by atoms with Gasteiger partial charge >= 0.3 is 5.97 Å². The maximum Gasteiger partial charge on any atom is 0.329 e. The number of hydrogen-bond acceptors (Lipinski definition) is 4.